The standard InChI is InChI=1S/C22H22FN3O/c1-14-6-3-4-9-17(14)18-13-19(18)22(27)25-20(21-24-10-11-26(21)2)15-7-5-8-16(23)12-15/h3-12,18-20H,13H2,1-2H3,(H,25,27). The van der Waals surface area contributed by atoms with E-state index in [1.807, 2.05) is 36.0 Å². The second-order valence-corrected chi connectivity index (χ2v) is 7.20. The van der Waals surface area contributed by atoms with Gasteiger partial charge in [-0.1, -0.05) is 36.4 Å². The molecule has 2 aromatic carbocycles. The Hall–Kier alpha value is -2.95. The third kappa shape index (κ3) is 3.50. The minimum atomic E-state index is -0.480. The Balaban J connectivity index is 1.57. The minimum Gasteiger partial charge on any atom is -0.342 e. The maximum atomic E-state index is 13.8. The lowest BCUT2D eigenvalue weighted by atomic mass is 10.0. The van der Waals surface area contributed by atoms with E-state index in [9.17, 15) is 9.18 Å². The van der Waals surface area contributed by atoms with Gasteiger partial charge in [-0.2, -0.15) is 0 Å². The van der Waals surface area contributed by atoms with Crippen molar-refractivity contribution in [2.45, 2.75) is 25.3 Å². The zero-order valence-corrected chi connectivity index (χ0v) is 15.4. The van der Waals surface area contributed by atoms with Crippen LogP contribution in [-0.2, 0) is 11.8 Å². The maximum absolute atomic E-state index is 13.8. The van der Waals surface area contributed by atoms with E-state index >= 15 is 0 Å². The van der Waals surface area contributed by atoms with Crippen molar-refractivity contribution in [2.75, 3.05) is 0 Å². The van der Waals surface area contributed by atoms with Crippen LogP contribution >= 0.6 is 0 Å². The lowest BCUT2D eigenvalue weighted by Crippen LogP contribution is -2.32. The first-order valence-corrected chi connectivity index (χ1v) is 9.13. The lowest BCUT2D eigenvalue weighted by molar-refractivity contribution is -0.123. The summed E-state index contributed by atoms with van der Waals surface area (Å²) < 4.78 is 15.6. The number of hydrogen-bond acceptors (Lipinski definition) is 2. The number of carbonyl (C=O) groups excluding carboxylic acids is 1. The number of rotatable bonds is 5. The summed E-state index contributed by atoms with van der Waals surface area (Å²) in [5.41, 5.74) is 3.13. The van der Waals surface area contributed by atoms with Gasteiger partial charge in [0, 0.05) is 25.4 Å². The Morgan fingerprint density at radius 1 is 1.26 bits per heavy atom. The van der Waals surface area contributed by atoms with Gasteiger partial charge in [0.25, 0.3) is 0 Å². The third-order valence-electron chi connectivity index (χ3n) is 5.30. The molecule has 5 heteroatoms. The largest absolute Gasteiger partial charge is 0.342 e. The Bertz CT molecular complexity index is 981. The molecule has 138 valence electrons. The molecule has 4 nitrogen and oxygen atoms in total. The van der Waals surface area contributed by atoms with Crippen molar-refractivity contribution >= 4 is 5.91 Å². The molecule has 1 N–H and O–H groups in total. The van der Waals surface area contributed by atoms with Crippen LogP contribution < -0.4 is 5.32 Å². The Labute approximate surface area is 158 Å². The van der Waals surface area contributed by atoms with Gasteiger partial charge in [-0.15, -0.1) is 0 Å². The third-order valence-corrected chi connectivity index (χ3v) is 5.30. The van der Waals surface area contributed by atoms with Crippen LogP contribution in [0.25, 0.3) is 0 Å². The number of imidazole rings is 1. The van der Waals surface area contributed by atoms with E-state index in [1.54, 1.807) is 12.3 Å². The van der Waals surface area contributed by atoms with Crippen molar-refractivity contribution in [3.63, 3.8) is 0 Å². The molecule has 1 heterocycles. The number of nitrogens with zero attached hydrogens (tertiary/aromatic N) is 2. The zero-order valence-electron chi connectivity index (χ0n) is 15.4. The van der Waals surface area contributed by atoms with Crippen molar-refractivity contribution in [3.05, 3.63) is 89.3 Å². The van der Waals surface area contributed by atoms with Crippen LogP contribution in [0.2, 0.25) is 0 Å². The van der Waals surface area contributed by atoms with Crippen LogP contribution in [0.5, 0.6) is 0 Å². The first kappa shape index (κ1) is 17.5. The summed E-state index contributed by atoms with van der Waals surface area (Å²) in [4.78, 5) is 17.3. The fourth-order valence-corrected chi connectivity index (χ4v) is 3.72. The van der Waals surface area contributed by atoms with Gasteiger partial charge < -0.3 is 9.88 Å². The summed E-state index contributed by atoms with van der Waals surface area (Å²) in [5, 5.41) is 3.10. The van der Waals surface area contributed by atoms with Crippen LogP contribution in [0, 0.1) is 18.7 Å². The Morgan fingerprint density at radius 3 is 2.78 bits per heavy atom. The zero-order chi connectivity index (χ0) is 19.0. The molecule has 3 atom stereocenters. The summed E-state index contributed by atoms with van der Waals surface area (Å²) in [6.07, 6.45) is 4.34. The van der Waals surface area contributed by atoms with E-state index in [4.69, 9.17) is 0 Å². The number of aromatic nitrogens is 2. The van der Waals surface area contributed by atoms with E-state index < -0.39 is 6.04 Å². The van der Waals surface area contributed by atoms with E-state index in [1.165, 1.54) is 23.3 Å². The molecule has 0 radical (unpaired) electrons. The van der Waals surface area contributed by atoms with Crippen molar-refractivity contribution in [1.29, 1.82) is 0 Å². The summed E-state index contributed by atoms with van der Waals surface area (Å²) >= 11 is 0. The molecule has 4 rings (SSSR count). The summed E-state index contributed by atoms with van der Waals surface area (Å²) in [7, 11) is 1.87. The first-order chi connectivity index (χ1) is 13.0. The molecule has 1 fully saturated rings. The molecule has 1 aromatic heterocycles. The van der Waals surface area contributed by atoms with Crippen LogP contribution in [0.15, 0.2) is 60.9 Å². The Morgan fingerprint density at radius 2 is 2.07 bits per heavy atom. The number of benzene rings is 2. The van der Waals surface area contributed by atoms with Crippen LogP contribution in [0.3, 0.4) is 0 Å². The molecule has 0 bridgehead atoms. The second kappa shape index (κ2) is 6.99. The highest BCUT2D eigenvalue weighted by Crippen LogP contribution is 2.48. The summed E-state index contributed by atoms with van der Waals surface area (Å²) in [6, 6.07) is 14.0. The summed E-state index contributed by atoms with van der Waals surface area (Å²) in [5.74, 6) is 0.538. The monoisotopic (exact) mass is 363 g/mol. The molecular weight excluding hydrogens is 341 g/mol. The van der Waals surface area contributed by atoms with E-state index in [0.29, 0.717) is 11.4 Å². The van der Waals surface area contributed by atoms with Gasteiger partial charge in [0.2, 0.25) is 5.91 Å². The van der Waals surface area contributed by atoms with Crippen molar-refractivity contribution in [2.24, 2.45) is 13.0 Å². The van der Waals surface area contributed by atoms with E-state index in [0.717, 1.165) is 6.42 Å². The first-order valence-electron chi connectivity index (χ1n) is 9.13. The van der Waals surface area contributed by atoms with Gasteiger partial charge >= 0.3 is 0 Å². The molecule has 0 saturated heterocycles. The minimum absolute atomic E-state index is 0.0134. The molecule has 27 heavy (non-hydrogen) atoms. The van der Waals surface area contributed by atoms with Crippen molar-refractivity contribution in [3.8, 4) is 0 Å². The molecule has 3 unspecified atom stereocenters. The highest BCUT2D eigenvalue weighted by atomic mass is 19.1. The fraction of sp³-hybridized carbons (Fsp3) is 0.273. The van der Waals surface area contributed by atoms with Gasteiger partial charge in [0.05, 0.1) is 0 Å². The molecular formula is C22H22FN3O. The van der Waals surface area contributed by atoms with E-state index in [2.05, 4.69) is 29.4 Å². The summed E-state index contributed by atoms with van der Waals surface area (Å²) in [6.45, 7) is 2.08. The van der Waals surface area contributed by atoms with Crippen LogP contribution in [-0.4, -0.2) is 15.5 Å². The maximum Gasteiger partial charge on any atom is 0.224 e. The van der Waals surface area contributed by atoms with Crippen LogP contribution in [0.4, 0.5) is 4.39 Å². The normalized spacial score (nSPS) is 19.5. The predicted octanol–water partition coefficient (Wildman–Crippen LogP) is 3.88. The molecule has 3 aromatic rings. The Kier molecular flexibility index (Phi) is 4.52. The molecule has 0 spiro atoms. The average Bonchev–Trinajstić information content (AvgIpc) is 3.34. The fourth-order valence-electron chi connectivity index (χ4n) is 3.72. The van der Waals surface area contributed by atoms with Crippen molar-refractivity contribution in [1.82, 2.24) is 14.9 Å². The molecule has 1 amide bonds. The lowest BCUT2D eigenvalue weighted by Gasteiger charge is -2.19. The highest BCUT2D eigenvalue weighted by molar-refractivity contribution is 5.83. The highest BCUT2D eigenvalue weighted by Gasteiger charge is 2.45. The number of hydrogen-bond donors (Lipinski definition) is 1. The van der Waals surface area contributed by atoms with Gasteiger partial charge in [0.15, 0.2) is 0 Å². The van der Waals surface area contributed by atoms with Crippen molar-refractivity contribution < 1.29 is 9.18 Å². The van der Waals surface area contributed by atoms with Crippen LogP contribution in [0.1, 0.15) is 40.9 Å². The number of amides is 1. The topological polar surface area (TPSA) is 46.9 Å². The number of aryl methyl sites for hydroxylation is 2. The second-order valence-electron chi connectivity index (χ2n) is 7.20. The molecule has 0 aliphatic heterocycles. The van der Waals surface area contributed by atoms with Gasteiger partial charge in [-0.3, -0.25) is 4.79 Å². The van der Waals surface area contributed by atoms with Gasteiger partial charge in [0.1, 0.15) is 17.7 Å². The van der Waals surface area contributed by atoms with Gasteiger partial charge in [-0.25, -0.2) is 9.37 Å². The predicted molar refractivity (Wildman–Crippen MR) is 102 cm³/mol. The molecule has 1 aliphatic carbocycles. The van der Waals surface area contributed by atoms with Gasteiger partial charge in [-0.05, 0) is 48.1 Å². The van der Waals surface area contributed by atoms with E-state index in [-0.39, 0.29) is 23.6 Å². The number of halogens is 1. The number of nitrogens with one attached hydrogen (secondary N) is 1. The molecule has 1 saturated carbocycles. The number of carbonyl (C=O) groups is 1. The quantitative estimate of drug-likeness (QED) is 0.748. The SMILES string of the molecule is Cc1ccccc1C1CC1C(=O)NC(c1cccc(F)c1)c1nccn1C. The smallest absolute Gasteiger partial charge is 0.224 e. The average molecular weight is 363 g/mol. The molecule has 1 aliphatic rings.